The molecule has 0 amide bonds. The van der Waals surface area contributed by atoms with E-state index in [1.807, 2.05) is 0 Å². The molecule has 0 N–H and O–H groups in total. The summed E-state index contributed by atoms with van der Waals surface area (Å²) in [5.74, 6) is -17.4. The number of benzene rings is 2. The minimum atomic E-state index is -7.13. The van der Waals surface area contributed by atoms with Crippen LogP contribution in [0.1, 0.15) is 23.6 Å². The topological polar surface area (TPSA) is 17.1 Å². The van der Waals surface area contributed by atoms with Crippen LogP contribution in [-0.4, -0.2) is 29.7 Å². The van der Waals surface area contributed by atoms with Crippen LogP contribution in [-0.2, 0) is 10.2 Å². The van der Waals surface area contributed by atoms with Crippen molar-refractivity contribution in [1.82, 2.24) is 0 Å². The molecule has 0 spiro atoms. The summed E-state index contributed by atoms with van der Waals surface area (Å²) in [5.41, 5.74) is -5.29. The zero-order valence-electron chi connectivity index (χ0n) is 16.6. The number of allylic oxidation sites excluding steroid dienone is 1. The van der Waals surface area contributed by atoms with Gasteiger partial charge >= 0.3 is 23.9 Å². The quantitative estimate of drug-likeness (QED) is 0.369. The van der Waals surface area contributed by atoms with Crippen molar-refractivity contribution < 1.29 is 44.3 Å². The smallest absolute Gasteiger partial charge is 0.292 e. The first-order valence-electron chi connectivity index (χ1n) is 9.22. The second-order valence-corrected chi connectivity index (χ2v) is 7.44. The summed E-state index contributed by atoms with van der Waals surface area (Å²) in [5, 5.41) is 0. The van der Waals surface area contributed by atoms with E-state index in [1.54, 1.807) is 18.2 Å². The molecule has 0 bridgehead atoms. The molecule has 1 unspecified atom stereocenters. The lowest BCUT2D eigenvalue weighted by Crippen LogP contribution is -2.69. The number of Topliss-reactive ketones (excluding diaryl/α,β-unsaturated/α-hetero) is 1. The second-order valence-electron chi connectivity index (χ2n) is 7.44. The van der Waals surface area contributed by atoms with Crippen molar-refractivity contribution >= 4 is 11.9 Å². The largest absolute Gasteiger partial charge is 0.460 e. The van der Waals surface area contributed by atoms with E-state index in [-0.39, 0.29) is 12.5 Å². The van der Waals surface area contributed by atoms with Gasteiger partial charge in [-0.1, -0.05) is 54.3 Å². The van der Waals surface area contributed by atoms with Gasteiger partial charge in [0.25, 0.3) is 0 Å². The van der Waals surface area contributed by atoms with Gasteiger partial charge in [0.2, 0.25) is 0 Å². The molecular weight excluding hydrogens is 463 g/mol. The van der Waals surface area contributed by atoms with E-state index in [9.17, 15) is 35.5 Å². The van der Waals surface area contributed by atoms with E-state index in [2.05, 4.69) is 11.8 Å². The third-order valence-corrected chi connectivity index (χ3v) is 5.39. The number of rotatable bonds is 3. The Morgan fingerprint density at radius 2 is 1.27 bits per heavy atom. The first-order chi connectivity index (χ1) is 15.1. The number of fused-ring (bicyclic) bond motifs is 1. The van der Waals surface area contributed by atoms with Crippen LogP contribution in [0, 0.1) is 11.8 Å². The minimum absolute atomic E-state index is 0.214. The predicted molar refractivity (Wildman–Crippen MR) is 101 cm³/mol. The molecule has 2 aromatic carbocycles. The van der Waals surface area contributed by atoms with Crippen molar-refractivity contribution in [2.45, 2.75) is 36.3 Å². The fourth-order valence-corrected chi connectivity index (χ4v) is 3.45. The average Bonchev–Trinajstić information content (AvgIpc) is 2.74. The van der Waals surface area contributed by atoms with Crippen molar-refractivity contribution in [1.29, 1.82) is 0 Å². The van der Waals surface area contributed by atoms with Gasteiger partial charge in [0.15, 0.2) is 5.78 Å². The van der Waals surface area contributed by atoms with Crippen molar-refractivity contribution in [3.63, 3.8) is 0 Å². The maximum absolute atomic E-state index is 15.1. The molecule has 3 rings (SSSR count). The van der Waals surface area contributed by atoms with Crippen LogP contribution in [0.4, 0.5) is 39.5 Å². The molecule has 174 valence electrons. The lowest BCUT2D eigenvalue weighted by Gasteiger charge is -2.44. The Bertz CT molecular complexity index is 1170. The third kappa shape index (κ3) is 3.50. The van der Waals surface area contributed by atoms with Gasteiger partial charge in [-0.25, -0.2) is 0 Å². The Morgan fingerprint density at radius 1 is 0.727 bits per heavy atom. The molecule has 0 heterocycles. The molecular formula is C23H13F9O. The van der Waals surface area contributed by atoms with Crippen LogP contribution in [0.3, 0.4) is 0 Å². The molecule has 1 atom stereocenters. The van der Waals surface area contributed by atoms with Gasteiger partial charge in [-0.15, -0.1) is 0 Å². The molecule has 0 radical (unpaired) electrons. The van der Waals surface area contributed by atoms with Crippen molar-refractivity contribution in [3.8, 4) is 11.8 Å². The number of hydrogen-bond acceptors (Lipinski definition) is 1. The zero-order chi connectivity index (χ0) is 24.9. The molecule has 1 aliphatic rings. The fourth-order valence-electron chi connectivity index (χ4n) is 3.45. The van der Waals surface area contributed by atoms with Gasteiger partial charge in [-0.2, -0.15) is 39.5 Å². The summed E-state index contributed by atoms with van der Waals surface area (Å²) in [7, 11) is 0. The number of carbonyl (C=O) groups is 1. The summed E-state index contributed by atoms with van der Waals surface area (Å²) in [6.07, 6.45) is -6.01. The van der Waals surface area contributed by atoms with Gasteiger partial charge in [-0.3, -0.25) is 4.79 Å². The SMILES string of the molecule is CC1(C(F)(F)C(F)(F)C(F)(F)C(F)(F)F)C(=O)C(C#Cc2ccccc2)=Cc2ccccc21. The number of carbonyl (C=O) groups excluding carboxylic acids is 1. The van der Waals surface area contributed by atoms with Crippen LogP contribution in [0.5, 0.6) is 0 Å². The molecule has 2 aromatic rings. The van der Waals surface area contributed by atoms with Crippen molar-refractivity contribution in [2.24, 2.45) is 0 Å². The van der Waals surface area contributed by atoms with Crippen LogP contribution >= 0.6 is 0 Å². The highest BCUT2D eigenvalue weighted by Crippen LogP contribution is 2.60. The molecule has 0 saturated carbocycles. The molecule has 33 heavy (non-hydrogen) atoms. The highest BCUT2D eigenvalue weighted by molar-refractivity contribution is 6.13. The summed E-state index contributed by atoms with van der Waals surface area (Å²) < 4.78 is 124. The number of ketones is 1. The summed E-state index contributed by atoms with van der Waals surface area (Å²) >= 11 is 0. The number of halogens is 9. The maximum atomic E-state index is 15.1. The van der Waals surface area contributed by atoms with Crippen molar-refractivity contribution in [3.05, 3.63) is 76.9 Å². The van der Waals surface area contributed by atoms with Crippen LogP contribution in [0.15, 0.2) is 60.2 Å². The molecule has 1 nitrogen and oxygen atoms in total. The molecule has 0 aromatic heterocycles. The van der Waals surface area contributed by atoms with E-state index in [0.717, 1.165) is 24.3 Å². The maximum Gasteiger partial charge on any atom is 0.460 e. The van der Waals surface area contributed by atoms with E-state index >= 15 is 8.78 Å². The number of hydrogen-bond donors (Lipinski definition) is 0. The van der Waals surface area contributed by atoms with Gasteiger partial charge < -0.3 is 0 Å². The predicted octanol–water partition coefficient (Wildman–Crippen LogP) is 6.43. The average molecular weight is 476 g/mol. The molecule has 1 aliphatic carbocycles. The first kappa shape index (κ1) is 24.4. The van der Waals surface area contributed by atoms with Crippen LogP contribution in [0.2, 0.25) is 0 Å². The monoisotopic (exact) mass is 476 g/mol. The van der Waals surface area contributed by atoms with Crippen LogP contribution in [0.25, 0.3) is 6.08 Å². The summed E-state index contributed by atoms with van der Waals surface area (Å²) in [6.45, 7) is 0.214. The molecule has 0 fully saturated rings. The lowest BCUT2D eigenvalue weighted by molar-refractivity contribution is -0.402. The molecule has 0 aliphatic heterocycles. The third-order valence-electron chi connectivity index (χ3n) is 5.39. The minimum Gasteiger partial charge on any atom is -0.292 e. The van der Waals surface area contributed by atoms with E-state index in [0.29, 0.717) is 5.56 Å². The highest BCUT2D eigenvalue weighted by Gasteiger charge is 2.86. The van der Waals surface area contributed by atoms with E-state index < -0.39 is 46.3 Å². The van der Waals surface area contributed by atoms with Gasteiger partial charge in [0.1, 0.15) is 5.41 Å². The van der Waals surface area contributed by atoms with Gasteiger partial charge in [-0.05, 0) is 36.3 Å². The van der Waals surface area contributed by atoms with Crippen molar-refractivity contribution in [2.75, 3.05) is 0 Å². The normalized spacial score (nSPS) is 19.3. The second kappa shape index (κ2) is 7.68. The summed E-state index contributed by atoms with van der Waals surface area (Å²) in [6, 6.07) is 12.0. The van der Waals surface area contributed by atoms with E-state index in [4.69, 9.17) is 0 Å². The standard InChI is InChI=1S/C23H13F9O/c1-19(20(24,25)21(26,27)22(28,29)23(30,31)32)17-10-6-5-9-15(17)13-16(18(19)33)12-11-14-7-3-2-4-8-14/h2-10,13H,1H3. The van der Waals surface area contributed by atoms with Gasteiger partial charge in [0.05, 0.1) is 5.57 Å². The van der Waals surface area contributed by atoms with E-state index in [1.165, 1.54) is 18.2 Å². The Labute approximate surface area is 181 Å². The molecule has 10 heteroatoms. The summed E-state index contributed by atoms with van der Waals surface area (Å²) in [4.78, 5) is 13.0. The Balaban J connectivity index is 2.23. The van der Waals surface area contributed by atoms with Gasteiger partial charge in [0, 0.05) is 5.56 Å². The van der Waals surface area contributed by atoms with Crippen LogP contribution < -0.4 is 0 Å². The highest BCUT2D eigenvalue weighted by atomic mass is 19.4. The Morgan fingerprint density at radius 3 is 1.85 bits per heavy atom. The Kier molecular flexibility index (Phi) is 5.68. The first-order valence-corrected chi connectivity index (χ1v) is 9.22. The molecule has 0 saturated heterocycles. The lowest BCUT2D eigenvalue weighted by atomic mass is 9.64. The Hall–Kier alpha value is -3.22. The fraction of sp³-hybridized carbons (Fsp3) is 0.261. The number of alkyl halides is 9. The zero-order valence-corrected chi connectivity index (χ0v) is 16.6.